The lowest BCUT2D eigenvalue weighted by molar-refractivity contribution is -0.148. The highest BCUT2D eigenvalue weighted by molar-refractivity contribution is 5.02. The number of nitrogens with one attached hydrogen (secondary N) is 1. The minimum atomic E-state index is -4.43. The molecule has 0 amide bonds. The summed E-state index contributed by atoms with van der Waals surface area (Å²) in [5, 5.41) is 10.4. The van der Waals surface area contributed by atoms with Crippen LogP contribution in [0.15, 0.2) is 0 Å². The standard InChI is InChI=1S/C13H22F3N5/c1-4-17-9(2)7-10(3)20-5-6-21-11(8-20)18-19-12(21)13(14,15)16/h9-10,17H,4-8H2,1-3H3. The minimum absolute atomic E-state index is 0.289. The zero-order chi connectivity index (χ0) is 15.6. The van der Waals surface area contributed by atoms with Crippen LogP contribution in [0, 0.1) is 0 Å². The first-order valence-corrected chi connectivity index (χ1v) is 7.29. The fourth-order valence-electron chi connectivity index (χ4n) is 2.85. The van der Waals surface area contributed by atoms with Gasteiger partial charge in [-0.2, -0.15) is 13.2 Å². The van der Waals surface area contributed by atoms with Crippen molar-refractivity contribution in [2.45, 2.75) is 58.5 Å². The van der Waals surface area contributed by atoms with E-state index in [4.69, 9.17) is 0 Å². The molecule has 0 aliphatic carbocycles. The quantitative estimate of drug-likeness (QED) is 0.902. The Bertz CT molecular complexity index is 471. The van der Waals surface area contributed by atoms with Crippen LogP contribution in [0.3, 0.4) is 0 Å². The molecule has 1 aromatic rings. The summed E-state index contributed by atoms with van der Waals surface area (Å²) >= 11 is 0. The summed E-state index contributed by atoms with van der Waals surface area (Å²) in [7, 11) is 0. The van der Waals surface area contributed by atoms with E-state index >= 15 is 0 Å². The number of halogens is 3. The second kappa shape index (κ2) is 6.31. The summed E-state index contributed by atoms with van der Waals surface area (Å²) in [6.45, 7) is 8.49. The summed E-state index contributed by atoms with van der Waals surface area (Å²) in [4.78, 5) is 2.16. The highest BCUT2D eigenvalue weighted by atomic mass is 19.4. The summed E-state index contributed by atoms with van der Waals surface area (Å²) in [5.41, 5.74) is 0. The summed E-state index contributed by atoms with van der Waals surface area (Å²) in [5.74, 6) is -0.484. The van der Waals surface area contributed by atoms with Gasteiger partial charge >= 0.3 is 6.18 Å². The Morgan fingerprint density at radius 1 is 1.24 bits per heavy atom. The molecule has 2 unspecified atom stereocenters. The van der Waals surface area contributed by atoms with E-state index in [-0.39, 0.29) is 6.54 Å². The second-order valence-electron chi connectivity index (χ2n) is 5.60. The Morgan fingerprint density at radius 2 is 1.95 bits per heavy atom. The Morgan fingerprint density at radius 3 is 2.57 bits per heavy atom. The summed E-state index contributed by atoms with van der Waals surface area (Å²) < 4.78 is 39.5. The highest BCUT2D eigenvalue weighted by Crippen LogP contribution is 2.29. The Labute approximate surface area is 122 Å². The van der Waals surface area contributed by atoms with E-state index in [1.165, 1.54) is 4.57 Å². The number of fused-ring (bicyclic) bond motifs is 1. The van der Waals surface area contributed by atoms with E-state index in [2.05, 4.69) is 41.2 Å². The van der Waals surface area contributed by atoms with Crippen molar-refractivity contribution in [3.8, 4) is 0 Å². The molecular formula is C13H22F3N5. The molecule has 0 aromatic carbocycles. The monoisotopic (exact) mass is 305 g/mol. The zero-order valence-corrected chi connectivity index (χ0v) is 12.6. The molecular weight excluding hydrogens is 283 g/mol. The second-order valence-corrected chi connectivity index (χ2v) is 5.60. The molecule has 2 heterocycles. The summed E-state index contributed by atoms with van der Waals surface area (Å²) in [6.07, 6.45) is -3.48. The Hall–Kier alpha value is -1.15. The minimum Gasteiger partial charge on any atom is -0.314 e. The van der Waals surface area contributed by atoms with Gasteiger partial charge in [-0.3, -0.25) is 4.90 Å². The van der Waals surface area contributed by atoms with Crippen molar-refractivity contribution in [2.75, 3.05) is 13.1 Å². The lowest BCUT2D eigenvalue weighted by atomic mass is 10.1. The topological polar surface area (TPSA) is 46.0 Å². The van der Waals surface area contributed by atoms with Crippen molar-refractivity contribution in [1.29, 1.82) is 0 Å². The van der Waals surface area contributed by atoms with Crippen molar-refractivity contribution < 1.29 is 13.2 Å². The van der Waals surface area contributed by atoms with Crippen LogP contribution in [0.4, 0.5) is 13.2 Å². The first-order chi connectivity index (χ1) is 9.82. The largest absolute Gasteiger partial charge is 0.451 e. The molecule has 0 fully saturated rings. The fraction of sp³-hybridized carbons (Fsp3) is 0.846. The van der Waals surface area contributed by atoms with Crippen LogP contribution in [-0.4, -0.2) is 44.8 Å². The maximum Gasteiger partial charge on any atom is 0.451 e. The number of nitrogens with zero attached hydrogens (tertiary/aromatic N) is 4. The zero-order valence-electron chi connectivity index (χ0n) is 12.6. The molecule has 0 spiro atoms. The van der Waals surface area contributed by atoms with E-state index < -0.39 is 12.0 Å². The van der Waals surface area contributed by atoms with Crippen LogP contribution in [0.1, 0.15) is 38.8 Å². The Kier molecular flexibility index (Phi) is 4.88. The maximum atomic E-state index is 12.8. The van der Waals surface area contributed by atoms with Crippen LogP contribution in [0.25, 0.3) is 0 Å². The van der Waals surface area contributed by atoms with E-state index in [1.807, 2.05) is 0 Å². The van der Waals surface area contributed by atoms with Gasteiger partial charge in [-0.05, 0) is 26.8 Å². The van der Waals surface area contributed by atoms with Gasteiger partial charge in [0.1, 0.15) is 5.82 Å². The van der Waals surface area contributed by atoms with Gasteiger partial charge in [-0.1, -0.05) is 6.92 Å². The molecule has 2 rings (SSSR count). The van der Waals surface area contributed by atoms with Gasteiger partial charge in [-0.15, -0.1) is 10.2 Å². The van der Waals surface area contributed by atoms with E-state index in [9.17, 15) is 13.2 Å². The average Bonchev–Trinajstić information content (AvgIpc) is 2.81. The molecule has 5 nitrogen and oxygen atoms in total. The van der Waals surface area contributed by atoms with Gasteiger partial charge < -0.3 is 9.88 Å². The molecule has 0 saturated carbocycles. The normalized spacial score (nSPS) is 19.3. The number of hydrogen-bond acceptors (Lipinski definition) is 4. The third-order valence-electron chi connectivity index (χ3n) is 3.91. The van der Waals surface area contributed by atoms with E-state index in [0.717, 1.165) is 13.0 Å². The smallest absolute Gasteiger partial charge is 0.314 e. The van der Waals surface area contributed by atoms with Gasteiger partial charge in [0, 0.05) is 25.2 Å². The Balaban J connectivity index is 2.02. The molecule has 21 heavy (non-hydrogen) atoms. The van der Waals surface area contributed by atoms with E-state index in [1.54, 1.807) is 0 Å². The van der Waals surface area contributed by atoms with Crippen molar-refractivity contribution in [3.63, 3.8) is 0 Å². The van der Waals surface area contributed by atoms with Crippen LogP contribution < -0.4 is 5.32 Å². The predicted octanol–water partition coefficient (Wildman–Crippen LogP) is 1.89. The number of rotatable bonds is 5. The molecule has 2 atom stereocenters. The third-order valence-corrected chi connectivity index (χ3v) is 3.91. The number of alkyl halides is 3. The number of hydrogen-bond donors (Lipinski definition) is 1. The van der Waals surface area contributed by atoms with Crippen molar-refractivity contribution in [3.05, 3.63) is 11.6 Å². The first kappa shape index (κ1) is 16.2. The average molecular weight is 305 g/mol. The summed E-state index contributed by atoms with van der Waals surface area (Å²) in [6, 6.07) is 0.675. The molecule has 0 bridgehead atoms. The molecule has 1 N–H and O–H groups in total. The van der Waals surface area contributed by atoms with Gasteiger partial charge in [0.25, 0.3) is 0 Å². The maximum absolute atomic E-state index is 12.8. The molecule has 0 saturated heterocycles. The van der Waals surface area contributed by atoms with Gasteiger partial charge in [-0.25, -0.2) is 0 Å². The lowest BCUT2D eigenvalue weighted by Gasteiger charge is -2.34. The molecule has 8 heteroatoms. The fourth-order valence-corrected chi connectivity index (χ4v) is 2.85. The molecule has 1 aliphatic rings. The van der Waals surface area contributed by atoms with Gasteiger partial charge in [0.2, 0.25) is 5.82 Å². The van der Waals surface area contributed by atoms with Gasteiger partial charge in [0.05, 0.1) is 6.54 Å². The van der Waals surface area contributed by atoms with Crippen LogP contribution in [0.5, 0.6) is 0 Å². The third kappa shape index (κ3) is 3.74. The van der Waals surface area contributed by atoms with Crippen molar-refractivity contribution >= 4 is 0 Å². The predicted molar refractivity (Wildman–Crippen MR) is 72.7 cm³/mol. The molecule has 0 radical (unpaired) electrons. The van der Waals surface area contributed by atoms with Crippen LogP contribution in [-0.2, 0) is 19.3 Å². The molecule has 1 aliphatic heterocycles. The lowest BCUT2D eigenvalue weighted by Crippen LogP contribution is -2.43. The highest BCUT2D eigenvalue weighted by Gasteiger charge is 2.39. The SMILES string of the molecule is CCNC(C)CC(C)N1CCn2c(nnc2C(F)(F)F)C1. The van der Waals surface area contributed by atoms with Crippen LogP contribution >= 0.6 is 0 Å². The van der Waals surface area contributed by atoms with Crippen molar-refractivity contribution in [2.24, 2.45) is 0 Å². The molecule has 120 valence electrons. The van der Waals surface area contributed by atoms with Gasteiger partial charge in [0.15, 0.2) is 0 Å². The first-order valence-electron chi connectivity index (χ1n) is 7.29. The van der Waals surface area contributed by atoms with E-state index in [0.29, 0.717) is 31.0 Å². The van der Waals surface area contributed by atoms with Crippen molar-refractivity contribution in [1.82, 2.24) is 25.0 Å². The molecule has 1 aromatic heterocycles. The van der Waals surface area contributed by atoms with Crippen LogP contribution in [0.2, 0.25) is 0 Å². The number of aromatic nitrogens is 3.